The molecule has 0 aromatic heterocycles. The number of ether oxygens (including phenoxy) is 1. The van der Waals surface area contributed by atoms with Crippen LogP contribution in [0.4, 0.5) is 5.69 Å². The molecule has 0 fully saturated rings. The van der Waals surface area contributed by atoms with Gasteiger partial charge < -0.3 is 9.84 Å². The van der Waals surface area contributed by atoms with Gasteiger partial charge in [-0.3, -0.25) is 9.52 Å². The van der Waals surface area contributed by atoms with Gasteiger partial charge in [-0.2, -0.15) is 0 Å². The highest BCUT2D eigenvalue weighted by Gasteiger charge is 2.13. The minimum absolute atomic E-state index is 0.0161. The van der Waals surface area contributed by atoms with Crippen LogP contribution >= 0.6 is 0 Å². The van der Waals surface area contributed by atoms with Crippen molar-refractivity contribution in [3.05, 3.63) is 29.8 Å². The molecular formula is C13H17NO6S. The molecule has 0 saturated heterocycles. The summed E-state index contributed by atoms with van der Waals surface area (Å²) in [5, 5.41) is 8.48. The van der Waals surface area contributed by atoms with Crippen LogP contribution in [0.3, 0.4) is 0 Å². The molecule has 8 heteroatoms. The first-order chi connectivity index (χ1) is 9.84. The number of benzene rings is 1. The molecule has 0 saturated carbocycles. The topological polar surface area (TPSA) is 110 Å². The summed E-state index contributed by atoms with van der Waals surface area (Å²) in [6.45, 7) is 1.90. The van der Waals surface area contributed by atoms with E-state index >= 15 is 0 Å². The third kappa shape index (κ3) is 6.26. The number of hydrogen-bond acceptors (Lipinski definition) is 5. The Morgan fingerprint density at radius 3 is 2.67 bits per heavy atom. The summed E-state index contributed by atoms with van der Waals surface area (Å²) in [7, 11) is -3.65. The van der Waals surface area contributed by atoms with Gasteiger partial charge in [-0.05, 0) is 31.5 Å². The molecular weight excluding hydrogens is 298 g/mol. The highest BCUT2D eigenvalue weighted by Crippen LogP contribution is 2.14. The average molecular weight is 315 g/mol. The van der Waals surface area contributed by atoms with Crippen LogP contribution in [0.15, 0.2) is 24.3 Å². The maximum Gasteiger partial charge on any atom is 0.338 e. The van der Waals surface area contributed by atoms with Gasteiger partial charge in [0.2, 0.25) is 10.0 Å². The number of esters is 1. The van der Waals surface area contributed by atoms with Crippen molar-refractivity contribution in [1.82, 2.24) is 0 Å². The van der Waals surface area contributed by atoms with E-state index in [9.17, 15) is 18.0 Å². The van der Waals surface area contributed by atoms with Gasteiger partial charge in [0.15, 0.2) is 0 Å². The number of carbonyl (C=O) groups excluding carboxylic acids is 1. The molecule has 0 amide bonds. The number of sulfonamides is 1. The van der Waals surface area contributed by atoms with Gasteiger partial charge in [0.1, 0.15) is 0 Å². The first kappa shape index (κ1) is 17.0. The van der Waals surface area contributed by atoms with Crippen molar-refractivity contribution >= 4 is 27.6 Å². The molecule has 0 spiro atoms. The number of carboxylic acid groups (broad SMARTS) is 1. The molecule has 116 valence electrons. The first-order valence-corrected chi connectivity index (χ1v) is 7.99. The van der Waals surface area contributed by atoms with Crippen LogP contribution in [0.2, 0.25) is 0 Å². The molecule has 0 bridgehead atoms. The van der Waals surface area contributed by atoms with Crippen molar-refractivity contribution in [1.29, 1.82) is 0 Å². The summed E-state index contributed by atoms with van der Waals surface area (Å²) in [5.74, 6) is -1.89. The van der Waals surface area contributed by atoms with E-state index in [0.717, 1.165) is 0 Å². The molecule has 21 heavy (non-hydrogen) atoms. The molecule has 0 unspecified atom stereocenters. The number of hydrogen-bond donors (Lipinski definition) is 2. The number of carbonyl (C=O) groups is 2. The van der Waals surface area contributed by atoms with E-state index in [1.54, 1.807) is 6.92 Å². The molecule has 1 aromatic carbocycles. The highest BCUT2D eigenvalue weighted by atomic mass is 32.2. The summed E-state index contributed by atoms with van der Waals surface area (Å²) in [6, 6.07) is 5.91. The van der Waals surface area contributed by atoms with Gasteiger partial charge in [-0.15, -0.1) is 0 Å². The van der Waals surface area contributed by atoms with Crippen molar-refractivity contribution in [3.8, 4) is 0 Å². The minimum atomic E-state index is -3.65. The van der Waals surface area contributed by atoms with E-state index in [1.165, 1.54) is 24.3 Å². The predicted octanol–water partition coefficient (Wildman–Crippen LogP) is 1.47. The molecule has 0 heterocycles. The van der Waals surface area contributed by atoms with Gasteiger partial charge in [0.05, 0.1) is 17.9 Å². The molecule has 7 nitrogen and oxygen atoms in total. The number of aliphatic carboxylic acids is 1. The standard InChI is InChI=1S/C13H17NO6S/c1-2-20-13(17)10-5-3-6-11(9-10)14-21(18,19)8-4-7-12(15)16/h3,5-6,9,14H,2,4,7-8H2,1H3,(H,15,16). The molecule has 0 radical (unpaired) electrons. The third-order valence-electron chi connectivity index (χ3n) is 2.45. The minimum Gasteiger partial charge on any atom is -0.481 e. The van der Waals surface area contributed by atoms with Gasteiger partial charge in [-0.25, -0.2) is 13.2 Å². The van der Waals surface area contributed by atoms with Crippen molar-refractivity contribution in [2.75, 3.05) is 17.1 Å². The second-order valence-electron chi connectivity index (χ2n) is 4.22. The normalized spacial score (nSPS) is 10.9. The van der Waals surface area contributed by atoms with Gasteiger partial charge >= 0.3 is 11.9 Å². The molecule has 0 atom stereocenters. The lowest BCUT2D eigenvalue weighted by atomic mass is 10.2. The van der Waals surface area contributed by atoms with Gasteiger partial charge in [0.25, 0.3) is 0 Å². The zero-order valence-corrected chi connectivity index (χ0v) is 12.4. The van der Waals surface area contributed by atoms with Crippen LogP contribution < -0.4 is 4.72 Å². The highest BCUT2D eigenvalue weighted by molar-refractivity contribution is 7.92. The molecule has 0 aliphatic carbocycles. The van der Waals surface area contributed by atoms with Crippen LogP contribution in [0.1, 0.15) is 30.1 Å². The van der Waals surface area contributed by atoms with Gasteiger partial charge in [0, 0.05) is 12.1 Å². The number of carboxylic acids is 1. The fraction of sp³-hybridized carbons (Fsp3) is 0.385. The fourth-order valence-electron chi connectivity index (χ4n) is 1.57. The number of anilines is 1. The second kappa shape index (κ2) is 7.63. The lowest BCUT2D eigenvalue weighted by molar-refractivity contribution is -0.137. The van der Waals surface area contributed by atoms with Crippen LogP contribution in [0.5, 0.6) is 0 Å². The second-order valence-corrected chi connectivity index (χ2v) is 6.06. The Balaban J connectivity index is 2.71. The summed E-state index contributed by atoms with van der Waals surface area (Å²) < 4.78 is 30.7. The Morgan fingerprint density at radius 1 is 1.33 bits per heavy atom. The molecule has 1 aromatic rings. The largest absolute Gasteiger partial charge is 0.481 e. The van der Waals surface area contributed by atoms with E-state index in [-0.39, 0.29) is 36.5 Å². The smallest absolute Gasteiger partial charge is 0.338 e. The van der Waals surface area contributed by atoms with Crippen molar-refractivity contribution in [2.45, 2.75) is 19.8 Å². The van der Waals surface area contributed by atoms with E-state index in [2.05, 4.69) is 4.72 Å². The Kier molecular flexibility index (Phi) is 6.16. The Morgan fingerprint density at radius 2 is 2.05 bits per heavy atom. The zero-order chi connectivity index (χ0) is 15.9. The first-order valence-electron chi connectivity index (χ1n) is 6.33. The molecule has 0 aliphatic heterocycles. The summed E-state index contributed by atoms with van der Waals surface area (Å²) in [4.78, 5) is 21.9. The number of rotatable bonds is 8. The van der Waals surface area contributed by atoms with E-state index < -0.39 is 22.0 Å². The average Bonchev–Trinajstić information content (AvgIpc) is 2.38. The van der Waals surface area contributed by atoms with Crippen LogP contribution in [0.25, 0.3) is 0 Å². The number of nitrogens with one attached hydrogen (secondary N) is 1. The maximum atomic E-state index is 11.8. The molecule has 1 rings (SSSR count). The van der Waals surface area contributed by atoms with Crippen LogP contribution in [0, 0.1) is 0 Å². The lowest BCUT2D eigenvalue weighted by Crippen LogP contribution is -2.17. The van der Waals surface area contributed by atoms with E-state index in [0.29, 0.717) is 0 Å². The maximum absolute atomic E-state index is 11.8. The van der Waals surface area contributed by atoms with Crippen LogP contribution in [-0.2, 0) is 19.6 Å². The fourth-order valence-corrected chi connectivity index (χ4v) is 2.68. The molecule has 2 N–H and O–H groups in total. The SMILES string of the molecule is CCOC(=O)c1cccc(NS(=O)(=O)CCCC(=O)O)c1. The van der Waals surface area contributed by atoms with Crippen LogP contribution in [-0.4, -0.2) is 37.8 Å². The summed E-state index contributed by atoms with van der Waals surface area (Å²) in [5.41, 5.74) is 0.471. The Labute approximate surface area is 123 Å². The van der Waals surface area contributed by atoms with Gasteiger partial charge in [-0.1, -0.05) is 6.07 Å². The monoisotopic (exact) mass is 315 g/mol. The summed E-state index contributed by atoms with van der Waals surface area (Å²) >= 11 is 0. The molecule has 0 aliphatic rings. The van der Waals surface area contributed by atoms with Crippen molar-refractivity contribution < 1.29 is 27.9 Å². The Bertz CT molecular complexity index is 611. The van der Waals surface area contributed by atoms with Crippen molar-refractivity contribution in [2.24, 2.45) is 0 Å². The van der Waals surface area contributed by atoms with E-state index in [4.69, 9.17) is 9.84 Å². The van der Waals surface area contributed by atoms with Crippen molar-refractivity contribution in [3.63, 3.8) is 0 Å². The predicted molar refractivity (Wildman–Crippen MR) is 76.7 cm³/mol. The van der Waals surface area contributed by atoms with E-state index in [1.807, 2.05) is 0 Å². The third-order valence-corrected chi connectivity index (χ3v) is 3.82. The zero-order valence-electron chi connectivity index (χ0n) is 11.5. The lowest BCUT2D eigenvalue weighted by Gasteiger charge is -2.09. The summed E-state index contributed by atoms with van der Waals surface area (Å²) in [6.07, 6.45) is -0.202. The Hall–Kier alpha value is -2.09. The quantitative estimate of drug-likeness (QED) is 0.703.